The fraction of sp³-hybridized carbons (Fsp3) is 0.550. The molecule has 0 bridgehead atoms. The van der Waals surface area contributed by atoms with Crippen molar-refractivity contribution in [3.63, 3.8) is 0 Å². The number of benzene rings is 1. The van der Waals surface area contributed by atoms with Crippen LogP contribution < -0.4 is 4.90 Å². The van der Waals surface area contributed by atoms with Crippen LogP contribution >= 0.6 is 34.5 Å². The minimum absolute atomic E-state index is 0.664. The number of hydrogen-bond acceptors (Lipinski definition) is 5. The number of aryl methyl sites for hydroxylation is 1. The molecule has 1 heterocycles. The van der Waals surface area contributed by atoms with E-state index in [0.29, 0.717) is 16.1 Å². The Labute approximate surface area is 191 Å². The van der Waals surface area contributed by atoms with Crippen LogP contribution in [0.2, 0.25) is 10.0 Å². The highest BCUT2D eigenvalue weighted by Gasteiger charge is 2.45. The second-order valence-electron chi connectivity index (χ2n) is 7.83. The normalized spacial score (nSPS) is 16.4. The Morgan fingerprint density at radius 3 is 2.23 bits per heavy atom. The van der Waals surface area contributed by atoms with Gasteiger partial charge >= 0.3 is 10.4 Å². The third-order valence-corrected chi connectivity index (χ3v) is 6.81. The summed E-state index contributed by atoms with van der Waals surface area (Å²) in [5.41, 5.74) is 1.99. The minimum atomic E-state index is -4.67. The van der Waals surface area contributed by atoms with Crippen molar-refractivity contribution < 1.29 is 17.5 Å². The lowest BCUT2D eigenvalue weighted by atomic mass is 10.1. The van der Waals surface area contributed by atoms with Gasteiger partial charge in [0.1, 0.15) is 0 Å². The zero-order valence-electron chi connectivity index (χ0n) is 16.9. The van der Waals surface area contributed by atoms with Gasteiger partial charge in [-0.2, -0.15) is 8.42 Å². The number of rotatable bonds is 7. The third-order valence-electron chi connectivity index (χ3n) is 5.25. The average Bonchev–Trinajstić information content (AvgIpc) is 3.54. The van der Waals surface area contributed by atoms with Crippen molar-refractivity contribution >= 4 is 50.1 Å². The van der Waals surface area contributed by atoms with Crippen LogP contribution in [0.3, 0.4) is 0 Å². The molecule has 30 heavy (non-hydrogen) atoms. The van der Waals surface area contributed by atoms with Crippen LogP contribution in [0.15, 0.2) is 18.2 Å². The molecule has 1 aromatic heterocycles. The molecule has 6 nitrogen and oxygen atoms in total. The first kappa shape index (κ1) is 23.8. The molecular weight excluding hydrogens is 467 g/mol. The quantitative estimate of drug-likeness (QED) is 0.448. The van der Waals surface area contributed by atoms with Crippen molar-refractivity contribution in [2.45, 2.75) is 52.0 Å². The summed E-state index contributed by atoms with van der Waals surface area (Å²) in [5, 5.41) is 2.51. The molecule has 2 fully saturated rings. The van der Waals surface area contributed by atoms with Crippen LogP contribution in [0.5, 0.6) is 0 Å². The molecule has 166 valence electrons. The molecule has 2 saturated carbocycles. The Morgan fingerprint density at radius 1 is 1.20 bits per heavy atom. The first-order valence-corrected chi connectivity index (χ1v) is 12.9. The summed E-state index contributed by atoms with van der Waals surface area (Å²) in [6.45, 7) is 5.51. The van der Waals surface area contributed by atoms with Crippen molar-refractivity contribution in [3.05, 3.63) is 33.1 Å². The van der Waals surface area contributed by atoms with Crippen LogP contribution in [0.4, 0.5) is 5.13 Å². The summed E-state index contributed by atoms with van der Waals surface area (Å²) < 4.78 is 31.6. The molecule has 1 aromatic carbocycles. The number of anilines is 1. The summed E-state index contributed by atoms with van der Waals surface area (Å²) in [5.74, 6) is 1.76. The van der Waals surface area contributed by atoms with Gasteiger partial charge in [-0.1, -0.05) is 30.1 Å². The Hall–Kier alpha value is -0.900. The van der Waals surface area contributed by atoms with E-state index in [2.05, 4.69) is 18.7 Å². The second-order valence-corrected chi connectivity index (χ2v) is 10.8. The molecule has 0 unspecified atom stereocenters. The maximum atomic E-state index is 8.74. The lowest BCUT2D eigenvalue weighted by Crippen LogP contribution is -2.39. The van der Waals surface area contributed by atoms with Crippen LogP contribution in [0.1, 0.15) is 43.9 Å². The maximum Gasteiger partial charge on any atom is 0.394 e. The van der Waals surface area contributed by atoms with Gasteiger partial charge in [0.2, 0.25) is 0 Å². The molecule has 0 amide bonds. The monoisotopic (exact) mass is 492 g/mol. The SMILES string of the molecule is CCCN(c1nc(-c2ccc(Cl)cc2Cl)c(C)s1)C(C1CC1)C1CC1.O=S(=O)(O)O. The van der Waals surface area contributed by atoms with Gasteiger partial charge < -0.3 is 4.90 Å². The molecular formula is C20H26Cl2N2O4S2. The van der Waals surface area contributed by atoms with E-state index in [4.69, 9.17) is 45.7 Å². The Balaban J connectivity index is 0.000000461. The van der Waals surface area contributed by atoms with Crippen LogP contribution in [0.25, 0.3) is 11.3 Å². The van der Waals surface area contributed by atoms with Gasteiger partial charge in [-0.25, -0.2) is 4.98 Å². The molecule has 0 radical (unpaired) electrons. The summed E-state index contributed by atoms with van der Waals surface area (Å²) in [7, 11) is -4.67. The lowest BCUT2D eigenvalue weighted by Gasteiger charge is -2.32. The molecule has 0 aliphatic heterocycles. The number of nitrogens with zero attached hydrogens (tertiary/aromatic N) is 2. The van der Waals surface area contributed by atoms with Gasteiger partial charge in [-0.05, 0) is 69.1 Å². The van der Waals surface area contributed by atoms with Gasteiger partial charge in [0.05, 0.1) is 10.7 Å². The zero-order chi connectivity index (χ0) is 22.1. The summed E-state index contributed by atoms with van der Waals surface area (Å²) >= 11 is 14.3. The lowest BCUT2D eigenvalue weighted by molar-refractivity contribution is 0.381. The van der Waals surface area contributed by atoms with E-state index in [1.54, 1.807) is 6.07 Å². The molecule has 0 atom stereocenters. The minimum Gasteiger partial charge on any atom is -0.345 e. The number of aromatic nitrogens is 1. The topological polar surface area (TPSA) is 90.7 Å². The van der Waals surface area contributed by atoms with Gasteiger partial charge in [0.25, 0.3) is 0 Å². The van der Waals surface area contributed by atoms with Gasteiger partial charge in [0, 0.05) is 28.0 Å². The fourth-order valence-corrected chi connectivity index (χ4v) is 5.31. The van der Waals surface area contributed by atoms with E-state index in [1.807, 2.05) is 23.5 Å². The highest BCUT2D eigenvalue weighted by Crippen LogP contribution is 2.49. The van der Waals surface area contributed by atoms with E-state index in [9.17, 15) is 0 Å². The summed E-state index contributed by atoms with van der Waals surface area (Å²) in [4.78, 5) is 8.89. The summed E-state index contributed by atoms with van der Waals surface area (Å²) in [6, 6.07) is 6.37. The maximum absolute atomic E-state index is 8.74. The van der Waals surface area contributed by atoms with E-state index in [-0.39, 0.29) is 0 Å². The first-order chi connectivity index (χ1) is 14.1. The van der Waals surface area contributed by atoms with Gasteiger partial charge in [-0.3, -0.25) is 9.11 Å². The molecule has 2 N–H and O–H groups in total. The Kier molecular flexibility index (Phi) is 7.69. The molecule has 2 aliphatic carbocycles. The number of hydrogen-bond donors (Lipinski definition) is 2. The van der Waals surface area contributed by atoms with Crippen molar-refractivity contribution in [2.24, 2.45) is 11.8 Å². The largest absolute Gasteiger partial charge is 0.394 e. The standard InChI is InChI=1S/C20H24Cl2N2S.H2O4S/c1-3-10-24(19(13-4-5-13)14-6-7-14)20-23-18(12(2)25-20)16-9-8-15(21)11-17(16)22;1-5(2,3)4/h8-9,11,13-14,19H,3-7,10H2,1-2H3;(H2,1,2,3,4). The predicted molar refractivity (Wildman–Crippen MR) is 123 cm³/mol. The first-order valence-electron chi connectivity index (χ1n) is 9.97. The van der Waals surface area contributed by atoms with Gasteiger partial charge in [-0.15, -0.1) is 11.3 Å². The van der Waals surface area contributed by atoms with Crippen molar-refractivity contribution in [1.82, 2.24) is 4.98 Å². The molecule has 10 heteroatoms. The molecule has 0 spiro atoms. The number of thiazole rings is 1. The Morgan fingerprint density at radius 2 is 1.77 bits per heavy atom. The average molecular weight is 493 g/mol. The molecule has 2 aliphatic rings. The number of halogens is 2. The van der Waals surface area contributed by atoms with Crippen molar-refractivity contribution in [1.29, 1.82) is 0 Å². The van der Waals surface area contributed by atoms with Crippen molar-refractivity contribution in [2.75, 3.05) is 11.4 Å². The second kappa shape index (κ2) is 9.71. The fourth-order valence-electron chi connectivity index (χ4n) is 3.82. The highest BCUT2D eigenvalue weighted by atomic mass is 35.5. The van der Waals surface area contributed by atoms with Crippen LogP contribution in [-0.4, -0.2) is 35.1 Å². The van der Waals surface area contributed by atoms with Gasteiger partial charge in [0.15, 0.2) is 5.13 Å². The zero-order valence-corrected chi connectivity index (χ0v) is 20.0. The molecule has 4 rings (SSSR count). The van der Waals surface area contributed by atoms with Crippen molar-refractivity contribution in [3.8, 4) is 11.3 Å². The van der Waals surface area contributed by atoms with E-state index >= 15 is 0 Å². The van der Waals surface area contributed by atoms with Crippen LogP contribution in [-0.2, 0) is 10.4 Å². The van der Waals surface area contributed by atoms with E-state index in [0.717, 1.165) is 36.1 Å². The van der Waals surface area contributed by atoms with E-state index in [1.165, 1.54) is 35.7 Å². The highest BCUT2D eigenvalue weighted by molar-refractivity contribution is 7.79. The molecule has 2 aromatic rings. The summed E-state index contributed by atoms with van der Waals surface area (Å²) in [6.07, 6.45) is 6.72. The smallest absolute Gasteiger partial charge is 0.345 e. The van der Waals surface area contributed by atoms with E-state index < -0.39 is 10.4 Å². The molecule has 0 saturated heterocycles. The third kappa shape index (κ3) is 6.55. The van der Waals surface area contributed by atoms with Crippen LogP contribution in [0, 0.1) is 18.8 Å². The predicted octanol–water partition coefficient (Wildman–Crippen LogP) is 6.18. The Bertz CT molecular complexity index is 969.